The number of aryl methyl sites for hydroxylation is 2. The molecule has 0 saturated carbocycles. The minimum Gasteiger partial charge on any atom is -0.300 e. The van der Waals surface area contributed by atoms with Crippen molar-refractivity contribution in [3.63, 3.8) is 0 Å². The van der Waals surface area contributed by atoms with E-state index in [0.29, 0.717) is 0 Å². The van der Waals surface area contributed by atoms with Gasteiger partial charge in [-0.3, -0.25) is 9.59 Å². The maximum Gasteiger partial charge on any atom is 3.00 e. The van der Waals surface area contributed by atoms with E-state index in [1.54, 1.807) is 9.59 Å². The Morgan fingerprint density at radius 3 is 1.15 bits per heavy atom. The molecule has 0 bridgehead atoms. The van der Waals surface area contributed by atoms with Gasteiger partial charge in [-0.1, -0.05) is 38.1 Å². The molecule has 202 valence electrons. The Morgan fingerprint density at radius 1 is 0.600 bits per heavy atom. The largest absolute Gasteiger partial charge is 3.00 e. The van der Waals surface area contributed by atoms with Crippen LogP contribution in [0.25, 0.3) is 33.4 Å². The predicted octanol–water partition coefficient (Wildman–Crippen LogP) is 5.61. The van der Waals surface area contributed by atoms with E-state index in [0.717, 1.165) is 33.4 Å². The van der Waals surface area contributed by atoms with Gasteiger partial charge < -0.3 is 0 Å². The van der Waals surface area contributed by atoms with Crippen LogP contribution < -0.4 is 0 Å². The van der Waals surface area contributed by atoms with Crippen molar-refractivity contribution in [3.8, 4) is 11.4 Å². The number of rotatable bonds is 4. The molecule has 9 heteroatoms. The zero-order chi connectivity index (χ0) is 27.8. The summed E-state index contributed by atoms with van der Waals surface area (Å²) in [5.74, 6) is -0.125. The molecule has 2 aromatic heterocycles. The molecular formula is C31H28IrN6O2+. The van der Waals surface area contributed by atoms with Gasteiger partial charge in [0.15, 0.2) is 0 Å². The Balaban J connectivity index is 0.000000177. The molecule has 0 aliphatic rings. The van der Waals surface area contributed by atoms with Crippen molar-refractivity contribution >= 4 is 33.6 Å². The summed E-state index contributed by atoms with van der Waals surface area (Å²) >= 11 is 0. The van der Waals surface area contributed by atoms with Gasteiger partial charge in [-0.05, 0) is 49.5 Å². The Hall–Kier alpha value is -4.33. The maximum absolute atomic E-state index is 10.0. The fraction of sp³-hybridized carbons (Fsp3) is 0.161. The summed E-state index contributed by atoms with van der Waals surface area (Å²) in [7, 11) is 0. The maximum atomic E-state index is 10.0. The third kappa shape index (κ3) is 8.33. The van der Waals surface area contributed by atoms with Crippen molar-refractivity contribution in [3.05, 3.63) is 108 Å². The molecule has 0 radical (unpaired) electrons. The summed E-state index contributed by atoms with van der Waals surface area (Å²) in [4.78, 5) is 23.3. The molecule has 8 nitrogen and oxygen atoms in total. The van der Waals surface area contributed by atoms with Crippen molar-refractivity contribution in [2.24, 2.45) is 0 Å². The van der Waals surface area contributed by atoms with Crippen molar-refractivity contribution < 1.29 is 29.7 Å². The SMILES string of the molecule is CC(=O)CC(C)=O.Cc1c[c-]c(-n2nc3ccccc3n2)cc1.Cc1c[c-]c(-n2nc3ccccc3n2)cc1.[Ir+3]. The third-order valence-corrected chi connectivity index (χ3v) is 5.41. The average molecular weight is 709 g/mol. The average Bonchev–Trinajstić information content (AvgIpc) is 3.54. The van der Waals surface area contributed by atoms with Gasteiger partial charge in [0.25, 0.3) is 0 Å². The topological polar surface area (TPSA) is 95.6 Å². The molecule has 0 fully saturated rings. The Morgan fingerprint density at radius 2 is 0.925 bits per heavy atom. The Bertz CT molecular complexity index is 1510. The molecule has 0 aliphatic carbocycles. The van der Waals surface area contributed by atoms with E-state index in [1.807, 2.05) is 98.8 Å². The standard InChI is InChI=1S/2C13H10N3.C5H8O2.Ir/c2*1-10-6-8-11(9-7-10)16-14-12-4-2-3-5-13(12)15-16;1-4(6)3-5(2)7;/h2*2-8H,1H3;3H2,1-2H3;/q2*-1;;+3. The van der Waals surface area contributed by atoms with Crippen LogP contribution in [0.2, 0.25) is 0 Å². The molecule has 0 N–H and O–H groups in total. The number of nitrogens with zero attached hydrogens (tertiary/aromatic N) is 6. The molecule has 6 aromatic rings. The van der Waals surface area contributed by atoms with Crippen LogP contribution in [-0.4, -0.2) is 41.6 Å². The third-order valence-electron chi connectivity index (χ3n) is 5.41. The van der Waals surface area contributed by atoms with Gasteiger partial charge in [0.1, 0.15) is 33.6 Å². The number of hydrogen-bond acceptors (Lipinski definition) is 6. The van der Waals surface area contributed by atoms with Crippen LogP contribution in [0.1, 0.15) is 31.4 Å². The zero-order valence-corrected chi connectivity index (χ0v) is 25.0. The molecule has 0 aliphatic heterocycles. The van der Waals surface area contributed by atoms with Crippen LogP contribution in [0, 0.1) is 26.0 Å². The van der Waals surface area contributed by atoms with Crippen molar-refractivity contribution in [2.45, 2.75) is 34.1 Å². The van der Waals surface area contributed by atoms with E-state index in [1.165, 1.54) is 25.0 Å². The minimum absolute atomic E-state index is 0. The molecule has 0 spiro atoms. The van der Waals surface area contributed by atoms with Gasteiger partial charge in [-0.15, -0.1) is 12.1 Å². The molecule has 40 heavy (non-hydrogen) atoms. The number of ketones is 2. The van der Waals surface area contributed by atoms with Gasteiger partial charge in [-0.25, -0.2) is 0 Å². The number of Topliss-reactive ketones (excluding diaryl/α,β-unsaturated/α-hetero) is 2. The summed E-state index contributed by atoms with van der Waals surface area (Å²) in [6.45, 7) is 6.88. The molecule has 0 atom stereocenters. The van der Waals surface area contributed by atoms with Gasteiger partial charge in [-0.2, -0.15) is 77.5 Å². The Kier molecular flexibility index (Phi) is 10.7. The summed E-state index contributed by atoms with van der Waals surface area (Å²) in [5.41, 5.74) is 7.69. The van der Waals surface area contributed by atoms with Crippen LogP contribution in [0.4, 0.5) is 0 Å². The fourth-order valence-electron chi connectivity index (χ4n) is 3.52. The first-order chi connectivity index (χ1) is 18.8. The fourth-order valence-corrected chi connectivity index (χ4v) is 3.52. The van der Waals surface area contributed by atoms with E-state index in [2.05, 4.69) is 32.5 Å². The van der Waals surface area contributed by atoms with Crippen LogP contribution in [0.15, 0.2) is 84.9 Å². The van der Waals surface area contributed by atoms with E-state index in [4.69, 9.17) is 0 Å². The normalized spacial score (nSPS) is 10.1. The molecule has 0 amide bonds. The van der Waals surface area contributed by atoms with E-state index < -0.39 is 0 Å². The molecule has 2 heterocycles. The summed E-state index contributed by atoms with van der Waals surface area (Å²) in [6.07, 6.45) is 0.0833. The monoisotopic (exact) mass is 709 g/mol. The quantitative estimate of drug-likeness (QED) is 0.175. The van der Waals surface area contributed by atoms with Gasteiger partial charge in [0.05, 0.1) is 6.42 Å². The number of hydrogen-bond donors (Lipinski definition) is 0. The minimum atomic E-state index is -0.0625. The molecular weight excluding hydrogens is 681 g/mol. The summed E-state index contributed by atoms with van der Waals surface area (Å²) < 4.78 is 0. The van der Waals surface area contributed by atoms with Crippen molar-refractivity contribution in [1.29, 1.82) is 0 Å². The van der Waals surface area contributed by atoms with Crippen LogP contribution in [-0.2, 0) is 29.7 Å². The molecule has 0 unspecified atom stereocenters. The first-order valence-electron chi connectivity index (χ1n) is 12.4. The number of carbonyl (C=O) groups is 2. The summed E-state index contributed by atoms with van der Waals surface area (Å²) in [6, 6.07) is 33.8. The van der Waals surface area contributed by atoms with E-state index >= 15 is 0 Å². The first kappa shape index (κ1) is 30.2. The van der Waals surface area contributed by atoms with E-state index in [9.17, 15) is 9.59 Å². The zero-order valence-electron chi connectivity index (χ0n) is 22.6. The van der Waals surface area contributed by atoms with Crippen molar-refractivity contribution in [2.75, 3.05) is 0 Å². The second-order valence-corrected chi connectivity index (χ2v) is 9.04. The summed E-state index contributed by atoms with van der Waals surface area (Å²) in [5, 5.41) is 17.5. The molecule has 4 aromatic carbocycles. The number of benzene rings is 4. The Labute approximate surface area is 246 Å². The molecule has 0 saturated heterocycles. The van der Waals surface area contributed by atoms with Crippen molar-refractivity contribution in [1.82, 2.24) is 30.0 Å². The van der Waals surface area contributed by atoms with Gasteiger partial charge in [0, 0.05) is 0 Å². The number of aromatic nitrogens is 6. The second kappa shape index (κ2) is 14.2. The second-order valence-electron chi connectivity index (χ2n) is 9.04. The van der Waals surface area contributed by atoms with Crippen LogP contribution in [0.5, 0.6) is 0 Å². The van der Waals surface area contributed by atoms with Gasteiger partial charge in [0.2, 0.25) is 0 Å². The van der Waals surface area contributed by atoms with Crippen LogP contribution >= 0.6 is 0 Å². The van der Waals surface area contributed by atoms with E-state index in [-0.39, 0.29) is 38.1 Å². The predicted molar refractivity (Wildman–Crippen MR) is 151 cm³/mol. The van der Waals surface area contributed by atoms with Gasteiger partial charge >= 0.3 is 20.1 Å². The van der Waals surface area contributed by atoms with Crippen LogP contribution in [0.3, 0.4) is 0 Å². The molecule has 6 rings (SSSR count). The number of fused-ring (bicyclic) bond motifs is 2. The first-order valence-corrected chi connectivity index (χ1v) is 12.4. The number of carbonyl (C=O) groups excluding carboxylic acids is 2. The smallest absolute Gasteiger partial charge is 0.300 e.